The number of aliphatic hydroxyl groups excluding tert-OH is 1. The number of thioether (sulfide) groups is 1. The lowest BCUT2D eigenvalue weighted by Crippen LogP contribution is -2.37. The van der Waals surface area contributed by atoms with Crippen molar-refractivity contribution in [3.63, 3.8) is 0 Å². The highest BCUT2D eigenvalue weighted by atomic mass is 32.2. The van der Waals surface area contributed by atoms with Crippen LogP contribution in [0.5, 0.6) is 0 Å². The number of hydrogen-bond acceptors (Lipinski definition) is 5. The molecule has 0 saturated carbocycles. The summed E-state index contributed by atoms with van der Waals surface area (Å²) in [6, 6.07) is 18.4. The molecule has 1 unspecified atom stereocenters. The van der Waals surface area contributed by atoms with Gasteiger partial charge in [-0.25, -0.2) is 8.42 Å². The molecule has 0 aromatic heterocycles. The second kappa shape index (κ2) is 9.97. The highest BCUT2D eigenvalue weighted by Gasteiger charge is 2.17. The van der Waals surface area contributed by atoms with Gasteiger partial charge in [0.15, 0.2) is 0 Å². The molecule has 1 atom stereocenters. The highest BCUT2D eigenvalue weighted by Crippen LogP contribution is 2.22. The monoisotopic (exact) mass is 444 g/mol. The third kappa shape index (κ3) is 5.53. The van der Waals surface area contributed by atoms with Gasteiger partial charge in [-0.2, -0.15) is 11.8 Å². The number of aliphatic hydroxyl groups is 1. The number of carbonyl (C=O) groups excluding carboxylic acids is 1. The molecule has 3 aromatic rings. The Hall–Kier alpha value is -2.55. The highest BCUT2D eigenvalue weighted by molar-refractivity contribution is 7.98. The van der Waals surface area contributed by atoms with Crippen molar-refractivity contribution in [3.8, 4) is 0 Å². The van der Waals surface area contributed by atoms with Crippen LogP contribution in [-0.2, 0) is 10.0 Å². The number of amides is 1. The van der Waals surface area contributed by atoms with Gasteiger partial charge in [0.1, 0.15) is 0 Å². The van der Waals surface area contributed by atoms with Crippen molar-refractivity contribution < 1.29 is 18.3 Å². The number of carbonyl (C=O) groups is 1. The SMILES string of the molecule is CSCCC(CO)NC(=O)c1cccc(NS(=O)(=O)c2ccc3ccccc3c2)c1. The van der Waals surface area contributed by atoms with Crippen LogP contribution in [0, 0.1) is 0 Å². The van der Waals surface area contributed by atoms with Crippen molar-refractivity contribution in [2.24, 2.45) is 0 Å². The lowest BCUT2D eigenvalue weighted by atomic mass is 10.1. The average Bonchev–Trinajstić information content (AvgIpc) is 2.76. The van der Waals surface area contributed by atoms with Crippen LogP contribution in [0.2, 0.25) is 0 Å². The summed E-state index contributed by atoms with van der Waals surface area (Å²) in [4.78, 5) is 12.7. The van der Waals surface area contributed by atoms with Crippen LogP contribution in [0.1, 0.15) is 16.8 Å². The van der Waals surface area contributed by atoms with Gasteiger partial charge in [-0.1, -0.05) is 36.4 Å². The Labute approximate surface area is 180 Å². The van der Waals surface area contributed by atoms with E-state index in [0.717, 1.165) is 16.5 Å². The number of benzene rings is 3. The molecule has 0 heterocycles. The Kier molecular flexibility index (Phi) is 7.36. The van der Waals surface area contributed by atoms with E-state index in [2.05, 4.69) is 10.0 Å². The fourth-order valence-electron chi connectivity index (χ4n) is 3.01. The summed E-state index contributed by atoms with van der Waals surface area (Å²) in [5.41, 5.74) is 0.608. The molecular formula is C22H24N2O4S2. The summed E-state index contributed by atoms with van der Waals surface area (Å²) in [6.45, 7) is -0.152. The van der Waals surface area contributed by atoms with Gasteiger partial charge < -0.3 is 10.4 Å². The van der Waals surface area contributed by atoms with Gasteiger partial charge in [0.25, 0.3) is 15.9 Å². The fourth-order valence-corrected chi connectivity index (χ4v) is 4.62. The van der Waals surface area contributed by atoms with Crippen molar-refractivity contribution in [1.82, 2.24) is 5.32 Å². The maximum Gasteiger partial charge on any atom is 0.261 e. The van der Waals surface area contributed by atoms with Gasteiger partial charge in [0, 0.05) is 11.3 Å². The first-order valence-corrected chi connectivity index (χ1v) is 12.3. The number of nitrogens with one attached hydrogen (secondary N) is 2. The normalized spacial score (nSPS) is 12.5. The van der Waals surface area contributed by atoms with E-state index in [1.807, 2.05) is 30.5 Å². The first-order chi connectivity index (χ1) is 14.4. The Morgan fingerprint density at radius 2 is 1.80 bits per heavy atom. The van der Waals surface area contributed by atoms with Crippen LogP contribution in [0.25, 0.3) is 10.8 Å². The summed E-state index contributed by atoms with van der Waals surface area (Å²) in [5, 5.41) is 14.0. The maximum atomic E-state index is 12.8. The van der Waals surface area contributed by atoms with Crippen LogP contribution in [0.4, 0.5) is 5.69 Å². The fraction of sp³-hybridized carbons (Fsp3) is 0.227. The van der Waals surface area contributed by atoms with Crippen LogP contribution in [-0.4, -0.2) is 44.1 Å². The summed E-state index contributed by atoms with van der Waals surface area (Å²) in [5.74, 6) is 0.457. The molecule has 8 heteroatoms. The Bertz CT molecular complexity index is 1130. The molecule has 0 bridgehead atoms. The van der Waals surface area contributed by atoms with Crippen molar-refractivity contribution in [2.45, 2.75) is 17.4 Å². The molecule has 0 aliphatic rings. The van der Waals surface area contributed by atoms with Crippen molar-refractivity contribution in [1.29, 1.82) is 0 Å². The van der Waals surface area contributed by atoms with E-state index < -0.39 is 10.0 Å². The minimum absolute atomic E-state index is 0.147. The summed E-state index contributed by atoms with van der Waals surface area (Å²) >= 11 is 1.64. The first-order valence-electron chi connectivity index (χ1n) is 9.45. The smallest absolute Gasteiger partial charge is 0.261 e. The van der Waals surface area contributed by atoms with Crippen LogP contribution < -0.4 is 10.0 Å². The molecular weight excluding hydrogens is 420 g/mol. The Balaban J connectivity index is 1.77. The van der Waals surface area contributed by atoms with E-state index in [1.165, 1.54) is 6.07 Å². The predicted molar refractivity (Wildman–Crippen MR) is 123 cm³/mol. The van der Waals surface area contributed by atoms with Crippen LogP contribution in [0.15, 0.2) is 71.6 Å². The molecule has 0 fully saturated rings. The van der Waals surface area contributed by atoms with E-state index in [1.54, 1.807) is 48.2 Å². The molecule has 3 rings (SSSR count). The molecule has 0 spiro atoms. The number of anilines is 1. The van der Waals surface area contributed by atoms with Gasteiger partial charge in [-0.3, -0.25) is 9.52 Å². The zero-order chi connectivity index (χ0) is 21.6. The zero-order valence-corrected chi connectivity index (χ0v) is 18.2. The summed E-state index contributed by atoms with van der Waals surface area (Å²) in [6.07, 6.45) is 2.61. The molecule has 1 amide bonds. The van der Waals surface area contributed by atoms with E-state index in [0.29, 0.717) is 17.7 Å². The number of hydrogen-bond donors (Lipinski definition) is 3. The minimum atomic E-state index is -3.81. The van der Waals surface area contributed by atoms with Gasteiger partial charge in [0.2, 0.25) is 0 Å². The maximum absolute atomic E-state index is 12.8. The van der Waals surface area contributed by atoms with E-state index in [9.17, 15) is 18.3 Å². The lowest BCUT2D eigenvalue weighted by molar-refractivity contribution is 0.0915. The molecule has 3 aromatic carbocycles. The van der Waals surface area contributed by atoms with Crippen LogP contribution >= 0.6 is 11.8 Å². The zero-order valence-electron chi connectivity index (χ0n) is 16.5. The van der Waals surface area contributed by atoms with Crippen molar-refractivity contribution in [2.75, 3.05) is 23.3 Å². The molecule has 0 aliphatic carbocycles. The first kappa shape index (κ1) is 22.1. The second-order valence-electron chi connectivity index (χ2n) is 6.83. The third-order valence-corrected chi connectivity index (χ3v) is 6.66. The predicted octanol–water partition coefficient (Wildman–Crippen LogP) is 3.48. The van der Waals surface area contributed by atoms with Gasteiger partial charge >= 0.3 is 0 Å². The van der Waals surface area contributed by atoms with E-state index in [-0.39, 0.29) is 23.5 Å². The third-order valence-electron chi connectivity index (χ3n) is 4.63. The van der Waals surface area contributed by atoms with E-state index >= 15 is 0 Å². The largest absolute Gasteiger partial charge is 0.394 e. The quantitative estimate of drug-likeness (QED) is 0.470. The average molecular weight is 445 g/mol. The van der Waals surface area contributed by atoms with E-state index in [4.69, 9.17) is 0 Å². The number of sulfonamides is 1. The molecule has 6 nitrogen and oxygen atoms in total. The summed E-state index contributed by atoms with van der Waals surface area (Å²) < 4.78 is 28.2. The number of fused-ring (bicyclic) bond motifs is 1. The summed E-state index contributed by atoms with van der Waals surface area (Å²) in [7, 11) is -3.81. The van der Waals surface area contributed by atoms with Crippen molar-refractivity contribution >= 4 is 44.2 Å². The molecule has 0 radical (unpaired) electrons. The minimum Gasteiger partial charge on any atom is -0.394 e. The second-order valence-corrected chi connectivity index (χ2v) is 9.50. The van der Waals surface area contributed by atoms with Gasteiger partial charge in [-0.05, 0) is 59.5 Å². The Morgan fingerprint density at radius 1 is 1.03 bits per heavy atom. The van der Waals surface area contributed by atoms with Crippen LogP contribution in [0.3, 0.4) is 0 Å². The molecule has 3 N–H and O–H groups in total. The molecule has 158 valence electrons. The van der Waals surface area contributed by atoms with Gasteiger partial charge in [-0.15, -0.1) is 0 Å². The molecule has 0 aliphatic heterocycles. The molecule has 30 heavy (non-hydrogen) atoms. The standard InChI is InChI=1S/C22H24N2O4S2/c1-29-12-11-20(15-25)23-22(26)18-7-4-8-19(13-18)24-30(27,28)21-10-9-16-5-2-3-6-17(16)14-21/h2-10,13-14,20,24-25H,11-12,15H2,1H3,(H,23,26). The topological polar surface area (TPSA) is 95.5 Å². The van der Waals surface area contributed by atoms with Gasteiger partial charge in [0.05, 0.1) is 17.5 Å². The molecule has 0 saturated heterocycles. The van der Waals surface area contributed by atoms with Crippen molar-refractivity contribution in [3.05, 3.63) is 72.3 Å². The lowest BCUT2D eigenvalue weighted by Gasteiger charge is -2.16. The number of rotatable bonds is 9. The Morgan fingerprint density at radius 3 is 2.53 bits per heavy atom.